The molecule has 0 saturated heterocycles. The quantitative estimate of drug-likeness (QED) is 0.588. The molecule has 0 bridgehead atoms. The monoisotopic (exact) mass is 187 g/mol. The summed E-state index contributed by atoms with van der Waals surface area (Å²) in [5.74, 6) is 0. The van der Waals surface area contributed by atoms with Gasteiger partial charge in [0, 0.05) is 24.6 Å². The van der Waals surface area contributed by atoms with E-state index in [1.807, 2.05) is 6.92 Å². The van der Waals surface area contributed by atoms with Gasteiger partial charge in [-0.05, 0) is 33.6 Å². The smallest absolute Gasteiger partial charge is 0.0741 e. The number of hydrogen-bond acceptors (Lipinski definition) is 3. The van der Waals surface area contributed by atoms with Crippen LogP contribution in [0.3, 0.4) is 0 Å². The van der Waals surface area contributed by atoms with Crippen molar-refractivity contribution in [2.45, 2.75) is 45.3 Å². The molecule has 1 aliphatic rings. The van der Waals surface area contributed by atoms with Crippen LogP contribution in [0.25, 0.3) is 0 Å². The molecule has 1 saturated carbocycles. The standard InChI is InChI=1S/C10H21NO2/c1-8(9(2,3)13)11-6-10(7-12)4-5-10/h8,11-13H,4-7H2,1-3H3. The topological polar surface area (TPSA) is 52.5 Å². The normalized spacial score (nSPS) is 22.8. The van der Waals surface area contributed by atoms with Gasteiger partial charge in [0.1, 0.15) is 0 Å². The molecule has 3 heteroatoms. The highest BCUT2D eigenvalue weighted by Gasteiger charge is 2.42. The van der Waals surface area contributed by atoms with Crippen LogP contribution in [0.2, 0.25) is 0 Å². The van der Waals surface area contributed by atoms with Crippen LogP contribution in [-0.4, -0.2) is 35.0 Å². The molecule has 1 fully saturated rings. The summed E-state index contributed by atoms with van der Waals surface area (Å²) >= 11 is 0. The Balaban J connectivity index is 2.26. The molecular formula is C10H21NO2. The fourth-order valence-electron chi connectivity index (χ4n) is 1.19. The van der Waals surface area contributed by atoms with Crippen molar-refractivity contribution in [1.82, 2.24) is 5.32 Å². The zero-order valence-electron chi connectivity index (χ0n) is 8.80. The highest BCUT2D eigenvalue weighted by atomic mass is 16.3. The molecule has 0 aliphatic heterocycles. The Bertz CT molecular complexity index is 170. The predicted octanol–water partition coefficient (Wildman–Crippen LogP) is 0.508. The maximum Gasteiger partial charge on any atom is 0.0741 e. The fraction of sp³-hybridized carbons (Fsp3) is 1.00. The summed E-state index contributed by atoms with van der Waals surface area (Å²) in [7, 11) is 0. The van der Waals surface area contributed by atoms with E-state index in [9.17, 15) is 5.11 Å². The van der Waals surface area contributed by atoms with Gasteiger partial charge in [-0.2, -0.15) is 0 Å². The molecule has 0 aromatic heterocycles. The molecule has 0 amide bonds. The van der Waals surface area contributed by atoms with Gasteiger partial charge in [-0.1, -0.05) is 0 Å². The van der Waals surface area contributed by atoms with E-state index < -0.39 is 5.60 Å². The van der Waals surface area contributed by atoms with Crippen LogP contribution in [0.5, 0.6) is 0 Å². The minimum Gasteiger partial charge on any atom is -0.396 e. The Morgan fingerprint density at radius 2 is 2.00 bits per heavy atom. The highest BCUT2D eigenvalue weighted by molar-refractivity contribution is 4.95. The van der Waals surface area contributed by atoms with E-state index in [1.54, 1.807) is 13.8 Å². The van der Waals surface area contributed by atoms with E-state index in [0.717, 1.165) is 19.4 Å². The number of hydrogen-bond donors (Lipinski definition) is 3. The molecule has 0 aromatic rings. The van der Waals surface area contributed by atoms with Crippen molar-refractivity contribution < 1.29 is 10.2 Å². The summed E-state index contributed by atoms with van der Waals surface area (Å²) in [6.45, 7) is 6.63. The lowest BCUT2D eigenvalue weighted by atomic mass is 9.99. The van der Waals surface area contributed by atoms with Crippen LogP contribution in [0.4, 0.5) is 0 Å². The van der Waals surface area contributed by atoms with E-state index in [0.29, 0.717) is 0 Å². The molecule has 1 unspecified atom stereocenters. The average Bonchev–Trinajstić information content (AvgIpc) is 2.79. The van der Waals surface area contributed by atoms with Gasteiger partial charge in [-0.25, -0.2) is 0 Å². The first-order valence-electron chi connectivity index (χ1n) is 4.96. The molecule has 0 aromatic carbocycles. The fourth-order valence-corrected chi connectivity index (χ4v) is 1.19. The van der Waals surface area contributed by atoms with Gasteiger partial charge >= 0.3 is 0 Å². The highest BCUT2D eigenvalue weighted by Crippen LogP contribution is 2.44. The van der Waals surface area contributed by atoms with Gasteiger partial charge in [0.15, 0.2) is 0 Å². The van der Waals surface area contributed by atoms with Gasteiger partial charge < -0.3 is 15.5 Å². The Hall–Kier alpha value is -0.120. The summed E-state index contributed by atoms with van der Waals surface area (Å²) in [4.78, 5) is 0. The lowest BCUT2D eigenvalue weighted by molar-refractivity contribution is 0.0407. The van der Waals surface area contributed by atoms with Gasteiger partial charge in [-0.15, -0.1) is 0 Å². The third kappa shape index (κ3) is 2.93. The second-order valence-electron chi connectivity index (χ2n) is 4.91. The Kier molecular flexibility index (Phi) is 3.00. The Labute approximate surface area is 80.2 Å². The number of aliphatic hydroxyl groups excluding tert-OH is 1. The van der Waals surface area contributed by atoms with Gasteiger partial charge in [-0.3, -0.25) is 0 Å². The zero-order chi connectivity index (χ0) is 10.1. The number of nitrogens with one attached hydrogen (secondary N) is 1. The zero-order valence-corrected chi connectivity index (χ0v) is 8.80. The maximum atomic E-state index is 9.65. The number of rotatable bonds is 5. The van der Waals surface area contributed by atoms with Crippen molar-refractivity contribution in [3.63, 3.8) is 0 Å². The van der Waals surface area contributed by atoms with Crippen molar-refractivity contribution in [1.29, 1.82) is 0 Å². The Morgan fingerprint density at radius 3 is 2.31 bits per heavy atom. The maximum absolute atomic E-state index is 9.65. The molecule has 3 nitrogen and oxygen atoms in total. The van der Waals surface area contributed by atoms with Crippen molar-refractivity contribution in [3.8, 4) is 0 Å². The van der Waals surface area contributed by atoms with E-state index >= 15 is 0 Å². The van der Waals surface area contributed by atoms with E-state index in [4.69, 9.17) is 5.11 Å². The molecule has 1 atom stereocenters. The summed E-state index contributed by atoms with van der Waals surface area (Å²) < 4.78 is 0. The predicted molar refractivity (Wildman–Crippen MR) is 52.5 cm³/mol. The minimum absolute atomic E-state index is 0.0662. The average molecular weight is 187 g/mol. The van der Waals surface area contributed by atoms with Crippen molar-refractivity contribution in [3.05, 3.63) is 0 Å². The van der Waals surface area contributed by atoms with Gasteiger partial charge in [0.2, 0.25) is 0 Å². The van der Waals surface area contributed by atoms with Gasteiger partial charge in [0.25, 0.3) is 0 Å². The molecule has 1 aliphatic carbocycles. The third-order valence-corrected chi connectivity index (χ3v) is 3.14. The summed E-state index contributed by atoms with van der Waals surface area (Å²) in [6, 6.07) is 0.0662. The molecule has 0 radical (unpaired) electrons. The van der Waals surface area contributed by atoms with Crippen molar-refractivity contribution in [2.75, 3.05) is 13.2 Å². The minimum atomic E-state index is -0.689. The summed E-state index contributed by atoms with van der Waals surface area (Å²) in [6.07, 6.45) is 2.21. The molecular weight excluding hydrogens is 166 g/mol. The van der Waals surface area contributed by atoms with Crippen LogP contribution < -0.4 is 5.32 Å². The molecule has 13 heavy (non-hydrogen) atoms. The number of aliphatic hydroxyl groups is 2. The molecule has 0 spiro atoms. The van der Waals surface area contributed by atoms with Crippen molar-refractivity contribution >= 4 is 0 Å². The van der Waals surface area contributed by atoms with Crippen molar-refractivity contribution in [2.24, 2.45) is 5.41 Å². The van der Waals surface area contributed by atoms with E-state index in [2.05, 4.69) is 5.32 Å². The first-order valence-corrected chi connectivity index (χ1v) is 4.96. The lowest BCUT2D eigenvalue weighted by Gasteiger charge is -2.28. The second-order valence-corrected chi connectivity index (χ2v) is 4.91. The molecule has 0 heterocycles. The van der Waals surface area contributed by atoms with Crippen LogP contribution >= 0.6 is 0 Å². The lowest BCUT2D eigenvalue weighted by Crippen LogP contribution is -2.46. The molecule has 3 N–H and O–H groups in total. The summed E-state index contributed by atoms with van der Waals surface area (Å²) in [5, 5.41) is 22.0. The van der Waals surface area contributed by atoms with Crippen LogP contribution in [-0.2, 0) is 0 Å². The third-order valence-electron chi connectivity index (χ3n) is 3.14. The van der Waals surface area contributed by atoms with Crippen LogP contribution in [0.15, 0.2) is 0 Å². The van der Waals surface area contributed by atoms with Crippen LogP contribution in [0.1, 0.15) is 33.6 Å². The molecule has 78 valence electrons. The summed E-state index contributed by atoms with van der Waals surface area (Å²) in [5.41, 5.74) is -0.564. The van der Waals surface area contributed by atoms with Crippen LogP contribution in [0, 0.1) is 5.41 Å². The first kappa shape index (κ1) is 11.0. The first-order chi connectivity index (χ1) is 5.90. The Morgan fingerprint density at radius 1 is 1.46 bits per heavy atom. The SMILES string of the molecule is CC(NCC1(CO)CC1)C(C)(C)O. The largest absolute Gasteiger partial charge is 0.396 e. The second kappa shape index (κ2) is 3.56. The van der Waals surface area contributed by atoms with Gasteiger partial charge in [0.05, 0.1) is 5.60 Å². The van der Waals surface area contributed by atoms with E-state index in [1.165, 1.54) is 0 Å². The van der Waals surface area contributed by atoms with E-state index in [-0.39, 0.29) is 18.1 Å². The molecule has 1 rings (SSSR count).